The largest absolute Gasteiger partial charge is 0.444 e. The number of aldehydes is 1. The third-order valence-electron chi connectivity index (χ3n) is 2.43. The van der Waals surface area contributed by atoms with Crippen LogP contribution in [0.2, 0.25) is 0 Å². The van der Waals surface area contributed by atoms with Crippen molar-refractivity contribution in [1.29, 1.82) is 0 Å². The van der Waals surface area contributed by atoms with Gasteiger partial charge in [0.25, 0.3) is 0 Å². The highest BCUT2D eigenvalue weighted by molar-refractivity contribution is 5.69. The molecule has 7 heteroatoms. The number of amides is 1. The number of carbonyl (C=O) groups is 2. The molecule has 4 nitrogen and oxygen atoms in total. The number of nitrogens with one attached hydrogen (secondary N) is 1. The molecule has 0 heterocycles. The van der Waals surface area contributed by atoms with Crippen LogP contribution >= 0.6 is 0 Å². The smallest absolute Gasteiger partial charge is 0.408 e. The zero-order valence-corrected chi connectivity index (χ0v) is 11.9. The summed E-state index contributed by atoms with van der Waals surface area (Å²) in [6.45, 7) is 4.91. The van der Waals surface area contributed by atoms with Crippen LogP contribution in [0.25, 0.3) is 0 Å². The molecule has 0 aliphatic heterocycles. The van der Waals surface area contributed by atoms with E-state index >= 15 is 0 Å². The Kier molecular flexibility index (Phi) is 5.34. The number of hydrogen-bond acceptors (Lipinski definition) is 3. The first-order valence-electron chi connectivity index (χ1n) is 6.21. The molecule has 21 heavy (non-hydrogen) atoms. The summed E-state index contributed by atoms with van der Waals surface area (Å²) in [6, 6.07) is 0.440. The van der Waals surface area contributed by atoms with Gasteiger partial charge < -0.3 is 14.8 Å². The van der Waals surface area contributed by atoms with Gasteiger partial charge in [0, 0.05) is 6.42 Å². The van der Waals surface area contributed by atoms with Crippen LogP contribution in [0.15, 0.2) is 12.1 Å². The minimum absolute atomic E-state index is 0.0654. The SMILES string of the molecule is CC(C)(C)OC(=O)N[C@H](CC=O)c1cc(F)c(F)c(F)c1. The van der Waals surface area contributed by atoms with E-state index in [9.17, 15) is 22.8 Å². The molecule has 0 saturated carbocycles. The summed E-state index contributed by atoms with van der Waals surface area (Å²) in [5.74, 6) is -4.40. The summed E-state index contributed by atoms with van der Waals surface area (Å²) in [7, 11) is 0. The molecule has 116 valence electrons. The average Bonchev–Trinajstić information content (AvgIpc) is 2.32. The molecule has 1 aromatic carbocycles. The summed E-state index contributed by atoms with van der Waals surface area (Å²) in [4.78, 5) is 22.3. The molecule has 1 amide bonds. The van der Waals surface area contributed by atoms with Gasteiger partial charge >= 0.3 is 6.09 Å². The first kappa shape index (κ1) is 17.0. The van der Waals surface area contributed by atoms with Gasteiger partial charge in [0.2, 0.25) is 0 Å². The van der Waals surface area contributed by atoms with Crippen molar-refractivity contribution >= 4 is 12.4 Å². The van der Waals surface area contributed by atoms with Crippen LogP contribution in [-0.2, 0) is 9.53 Å². The second-order valence-electron chi connectivity index (χ2n) is 5.40. The normalized spacial score (nSPS) is 12.7. The van der Waals surface area contributed by atoms with Crippen molar-refractivity contribution in [1.82, 2.24) is 5.32 Å². The molecule has 0 aliphatic rings. The molecule has 0 radical (unpaired) electrons. The van der Waals surface area contributed by atoms with Gasteiger partial charge in [0.15, 0.2) is 17.5 Å². The van der Waals surface area contributed by atoms with Gasteiger partial charge in [-0.1, -0.05) is 0 Å². The maximum Gasteiger partial charge on any atom is 0.408 e. The van der Waals surface area contributed by atoms with Gasteiger partial charge in [-0.2, -0.15) is 0 Å². The first-order chi connectivity index (χ1) is 9.64. The highest BCUT2D eigenvalue weighted by Crippen LogP contribution is 2.22. The lowest BCUT2D eigenvalue weighted by atomic mass is 10.0. The van der Waals surface area contributed by atoms with Gasteiger partial charge in [-0.3, -0.25) is 0 Å². The highest BCUT2D eigenvalue weighted by Gasteiger charge is 2.22. The number of ether oxygens (including phenoxy) is 1. The Bertz CT molecular complexity index is 518. The van der Waals surface area contributed by atoms with Crippen LogP contribution in [0.5, 0.6) is 0 Å². The van der Waals surface area contributed by atoms with Gasteiger partial charge in [0.05, 0.1) is 6.04 Å². The highest BCUT2D eigenvalue weighted by atomic mass is 19.2. The van der Waals surface area contributed by atoms with Crippen molar-refractivity contribution in [3.05, 3.63) is 35.1 Å². The topological polar surface area (TPSA) is 55.4 Å². The lowest BCUT2D eigenvalue weighted by Gasteiger charge is -2.23. The molecular weight excluding hydrogens is 287 g/mol. The van der Waals surface area contributed by atoms with Gasteiger partial charge in [0.1, 0.15) is 11.9 Å². The number of hydrogen-bond donors (Lipinski definition) is 1. The summed E-state index contributed by atoms with van der Waals surface area (Å²) in [6.07, 6.45) is -0.607. The Morgan fingerprint density at radius 2 is 1.81 bits per heavy atom. The van der Waals surface area contributed by atoms with E-state index in [2.05, 4.69) is 5.32 Å². The van der Waals surface area contributed by atoms with E-state index in [1.54, 1.807) is 20.8 Å². The number of rotatable bonds is 4. The zero-order valence-electron chi connectivity index (χ0n) is 11.9. The minimum Gasteiger partial charge on any atom is -0.444 e. The summed E-state index contributed by atoms with van der Waals surface area (Å²) >= 11 is 0. The van der Waals surface area contributed by atoms with Crippen molar-refractivity contribution in [3.63, 3.8) is 0 Å². The molecule has 0 bridgehead atoms. The van der Waals surface area contributed by atoms with Gasteiger partial charge in [-0.15, -0.1) is 0 Å². The fourth-order valence-electron chi connectivity index (χ4n) is 1.60. The van der Waals surface area contributed by atoms with Crippen molar-refractivity contribution in [2.45, 2.75) is 38.8 Å². The summed E-state index contributed by atoms with van der Waals surface area (Å²) < 4.78 is 44.3. The van der Waals surface area contributed by atoms with Gasteiger partial charge in [-0.05, 0) is 38.5 Å². The maximum absolute atomic E-state index is 13.2. The molecule has 0 aromatic heterocycles. The molecule has 0 aliphatic carbocycles. The van der Waals surface area contributed by atoms with E-state index in [0.717, 1.165) is 12.1 Å². The fourth-order valence-corrected chi connectivity index (χ4v) is 1.60. The van der Waals surface area contributed by atoms with E-state index < -0.39 is 35.2 Å². The minimum atomic E-state index is -1.61. The molecule has 0 spiro atoms. The predicted molar refractivity (Wildman–Crippen MR) is 69.1 cm³/mol. The third-order valence-corrected chi connectivity index (χ3v) is 2.43. The zero-order chi connectivity index (χ0) is 16.2. The van der Waals surface area contributed by atoms with E-state index in [4.69, 9.17) is 4.74 Å². The predicted octanol–water partition coefficient (Wildman–Crippen LogP) is 3.26. The maximum atomic E-state index is 13.2. The van der Waals surface area contributed by atoms with Crippen molar-refractivity contribution in [2.24, 2.45) is 0 Å². The number of halogens is 3. The Balaban J connectivity index is 2.97. The van der Waals surface area contributed by atoms with Crippen molar-refractivity contribution in [3.8, 4) is 0 Å². The molecule has 0 saturated heterocycles. The van der Waals surface area contributed by atoms with Crippen LogP contribution in [0.3, 0.4) is 0 Å². The van der Waals surface area contributed by atoms with Crippen LogP contribution in [0.4, 0.5) is 18.0 Å². The standard InChI is InChI=1S/C14H16F3NO3/c1-14(2,3)21-13(20)18-11(4-5-19)8-6-9(15)12(17)10(16)7-8/h5-7,11H,4H2,1-3H3,(H,18,20)/t11-/m1/s1. The van der Waals surface area contributed by atoms with E-state index in [1.165, 1.54) is 0 Å². The third kappa shape index (κ3) is 5.09. The first-order valence-corrected chi connectivity index (χ1v) is 6.21. The van der Waals surface area contributed by atoms with Crippen molar-refractivity contribution < 1.29 is 27.5 Å². The molecule has 1 rings (SSSR count). The Labute approximate surface area is 120 Å². The van der Waals surface area contributed by atoms with Gasteiger partial charge in [-0.25, -0.2) is 18.0 Å². The molecule has 0 fully saturated rings. The van der Waals surface area contributed by atoms with Crippen LogP contribution < -0.4 is 5.32 Å². The Morgan fingerprint density at radius 3 is 2.24 bits per heavy atom. The van der Waals surface area contributed by atoms with Crippen LogP contribution in [0.1, 0.15) is 38.8 Å². The Hall–Kier alpha value is -2.05. The van der Waals surface area contributed by atoms with E-state index in [1.807, 2.05) is 0 Å². The monoisotopic (exact) mass is 303 g/mol. The Morgan fingerprint density at radius 1 is 1.29 bits per heavy atom. The average molecular weight is 303 g/mol. The summed E-state index contributed by atoms with van der Waals surface area (Å²) in [5, 5.41) is 2.32. The number of alkyl carbamates (subject to hydrolysis) is 1. The lowest BCUT2D eigenvalue weighted by molar-refractivity contribution is -0.108. The number of benzene rings is 1. The van der Waals surface area contributed by atoms with E-state index in [0.29, 0.717) is 6.29 Å². The van der Waals surface area contributed by atoms with Crippen LogP contribution in [0, 0.1) is 17.5 Å². The molecular formula is C14H16F3NO3. The quantitative estimate of drug-likeness (QED) is 0.686. The van der Waals surface area contributed by atoms with Crippen molar-refractivity contribution in [2.75, 3.05) is 0 Å². The second-order valence-corrected chi connectivity index (χ2v) is 5.40. The molecule has 0 unspecified atom stereocenters. The second kappa shape index (κ2) is 6.60. The van der Waals surface area contributed by atoms with Crippen LogP contribution in [-0.4, -0.2) is 18.0 Å². The summed E-state index contributed by atoms with van der Waals surface area (Å²) in [5.41, 5.74) is -0.834. The molecule has 1 atom stereocenters. The molecule has 1 aromatic rings. The fraction of sp³-hybridized carbons (Fsp3) is 0.429. The number of carbonyl (C=O) groups excluding carboxylic acids is 2. The molecule has 1 N–H and O–H groups in total. The van der Waals surface area contributed by atoms with E-state index in [-0.39, 0.29) is 12.0 Å². The lowest BCUT2D eigenvalue weighted by Crippen LogP contribution is -2.35.